The van der Waals surface area contributed by atoms with Gasteiger partial charge in [0.25, 0.3) is 11.8 Å². The molecule has 124 valence electrons. The van der Waals surface area contributed by atoms with Crippen molar-refractivity contribution in [2.45, 2.75) is 26.2 Å². The minimum absolute atomic E-state index is 0.288. The molecule has 0 saturated heterocycles. The number of benzene rings is 1. The predicted octanol–water partition coefficient (Wildman–Crippen LogP) is 2.55. The molecule has 1 aromatic carbocycles. The fraction of sp³-hybridized carbons (Fsp3) is 0.294. The van der Waals surface area contributed by atoms with Crippen molar-refractivity contribution < 1.29 is 14.4 Å². The third kappa shape index (κ3) is 2.68. The molecule has 0 fully saturated rings. The molecule has 1 aliphatic rings. The molecule has 1 aliphatic heterocycles. The maximum absolute atomic E-state index is 12.7. The van der Waals surface area contributed by atoms with Gasteiger partial charge in [0.2, 0.25) is 0 Å². The zero-order valence-corrected chi connectivity index (χ0v) is 13.4. The third-order valence-corrected chi connectivity index (χ3v) is 3.93. The molecule has 0 saturated carbocycles. The van der Waals surface area contributed by atoms with Crippen molar-refractivity contribution in [1.82, 2.24) is 19.6 Å². The van der Waals surface area contributed by atoms with Gasteiger partial charge in [0.15, 0.2) is 0 Å². The van der Waals surface area contributed by atoms with Gasteiger partial charge in [-0.3, -0.25) is 14.2 Å². The Morgan fingerprint density at radius 3 is 2.33 bits per heavy atom. The average Bonchev–Trinajstić information content (AvgIpc) is 3.21. The van der Waals surface area contributed by atoms with Crippen molar-refractivity contribution in [2.75, 3.05) is 6.54 Å². The zero-order valence-electron chi connectivity index (χ0n) is 13.4. The van der Waals surface area contributed by atoms with E-state index >= 15 is 0 Å². The van der Waals surface area contributed by atoms with E-state index in [9.17, 15) is 14.4 Å². The van der Waals surface area contributed by atoms with E-state index in [-0.39, 0.29) is 6.54 Å². The number of nitrogens with zero attached hydrogens (tertiary/aromatic N) is 4. The zero-order chi connectivity index (χ0) is 17.1. The topological polar surface area (TPSA) is 75.5 Å². The van der Waals surface area contributed by atoms with Crippen molar-refractivity contribution in [1.29, 1.82) is 0 Å². The van der Waals surface area contributed by atoms with Gasteiger partial charge in [-0.15, -0.1) is 0 Å². The molecule has 3 amide bonds. The van der Waals surface area contributed by atoms with Crippen LogP contribution in [0.5, 0.6) is 0 Å². The Balaban J connectivity index is 1.92. The van der Waals surface area contributed by atoms with Gasteiger partial charge < -0.3 is 0 Å². The molecule has 0 radical (unpaired) electrons. The Hall–Kier alpha value is -2.96. The number of imide groups is 1. The monoisotopic (exact) mass is 326 g/mol. The summed E-state index contributed by atoms with van der Waals surface area (Å²) in [7, 11) is 0. The molecule has 2 aromatic rings. The largest absolute Gasteiger partial charge is 0.348 e. The highest BCUT2D eigenvalue weighted by atomic mass is 16.2. The van der Waals surface area contributed by atoms with Crippen LogP contribution in [0.1, 0.15) is 46.9 Å². The molecule has 7 nitrogen and oxygen atoms in total. The first-order valence-corrected chi connectivity index (χ1v) is 7.92. The predicted molar refractivity (Wildman–Crippen MR) is 86.2 cm³/mol. The number of rotatable bonds is 5. The number of hydrazine groups is 1. The summed E-state index contributed by atoms with van der Waals surface area (Å²) in [5, 5.41) is 2.16. The number of aromatic nitrogens is 2. The highest BCUT2D eigenvalue weighted by molar-refractivity contribution is 6.21. The van der Waals surface area contributed by atoms with Gasteiger partial charge in [0, 0.05) is 18.9 Å². The van der Waals surface area contributed by atoms with E-state index in [0.717, 1.165) is 17.9 Å². The molecule has 0 spiro atoms. The summed E-state index contributed by atoms with van der Waals surface area (Å²) in [5.74, 6) is -0.943. The van der Waals surface area contributed by atoms with Crippen LogP contribution in [0, 0.1) is 0 Å². The van der Waals surface area contributed by atoms with Crippen molar-refractivity contribution in [2.24, 2.45) is 0 Å². The number of unbranched alkanes of at least 4 members (excludes halogenated alkanes) is 2. The van der Waals surface area contributed by atoms with E-state index < -0.39 is 17.8 Å². The van der Waals surface area contributed by atoms with Gasteiger partial charge in [-0.1, -0.05) is 31.9 Å². The van der Waals surface area contributed by atoms with Gasteiger partial charge in [-0.2, -0.15) is 5.01 Å². The summed E-state index contributed by atoms with van der Waals surface area (Å²) in [6.45, 7) is 2.33. The summed E-state index contributed by atoms with van der Waals surface area (Å²) < 4.78 is 1.26. The molecule has 1 aromatic heterocycles. The second-order valence-corrected chi connectivity index (χ2v) is 5.55. The highest BCUT2D eigenvalue weighted by Crippen LogP contribution is 2.25. The van der Waals surface area contributed by atoms with Crippen LogP contribution >= 0.6 is 0 Å². The standard InChI is InChI=1S/C17H18N4O3/c1-2-3-6-10-20(17(24)19-11-9-18-12-19)21-15(22)13-7-4-5-8-14(13)16(21)23/h4-5,7-9,11-12H,2-3,6,10H2,1H3. The molecule has 24 heavy (non-hydrogen) atoms. The summed E-state index contributed by atoms with van der Waals surface area (Å²) in [5.41, 5.74) is 0.642. The lowest BCUT2D eigenvalue weighted by atomic mass is 10.1. The van der Waals surface area contributed by atoms with E-state index in [2.05, 4.69) is 4.98 Å². The number of amides is 3. The van der Waals surface area contributed by atoms with Crippen LogP contribution in [0.4, 0.5) is 4.79 Å². The van der Waals surface area contributed by atoms with E-state index in [1.165, 1.54) is 28.3 Å². The molecule has 2 heterocycles. The van der Waals surface area contributed by atoms with E-state index in [4.69, 9.17) is 0 Å². The van der Waals surface area contributed by atoms with E-state index in [1.54, 1.807) is 24.3 Å². The first-order valence-electron chi connectivity index (χ1n) is 7.92. The molecule has 0 atom stereocenters. The lowest BCUT2D eigenvalue weighted by Crippen LogP contribution is -2.51. The minimum atomic E-state index is -0.474. The Labute approximate surface area is 139 Å². The second-order valence-electron chi connectivity index (χ2n) is 5.55. The molecule has 0 bridgehead atoms. The van der Waals surface area contributed by atoms with Crippen LogP contribution in [0.3, 0.4) is 0 Å². The van der Waals surface area contributed by atoms with Crippen molar-refractivity contribution in [3.8, 4) is 0 Å². The SMILES string of the molecule is CCCCCN(C(=O)n1ccnc1)N1C(=O)c2ccccc2C1=O. The lowest BCUT2D eigenvalue weighted by Gasteiger charge is -2.29. The van der Waals surface area contributed by atoms with Crippen LogP contribution in [0.2, 0.25) is 0 Å². The number of hydrogen-bond donors (Lipinski definition) is 0. The highest BCUT2D eigenvalue weighted by Gasteiger charge is 2.41. The number of hydrogen-bond acceptors (Lipinski definition) is 4. The second kappa shape index (κ2) is 6.66. The van der Waals surface area contributed by atoms with Gasteiger partial charge >= 0.3 is 6.03 Å². The Bertz CT molecular complexity index is 735. The van der Waals surface area contributed by atoms with Crippen molar-refractivity contribution in [3.05, 3.63) is 54.1 Å². The molecular weight excluding hydrogens is 308 g/mol. The maximum atomic E-state index is 12.7. The van der Waals surface area contributed by atoms with Crippen LogP contribution < -0.4 is 0 Å². The average molecular weight is 326 g/mol. The Morgan fingerprint density at radius 1 is 1.12 bits per heavy atom. The number of imidazole rings is 1. The van der Waals surface area contributed by atoms with Crippen LogP contribution in [0.15, 0.2) is 43.0 Å². The smallest absolute Gasteiger partial charge is 0.267 e. The molecule has 3 rings (SSSR count). The summed E-state index contributed by atoms with van der Waals surface area (Å²) in [6.07, 6.45) is 6.89. The van der Waals surface area contributed by atoms with Gasteiger partial charge in [-0.25, -0.2) is 14.8 Å². The fourth-order valence-electron chi connectivity index (χ4n) is 2.69. The lowest BCUT2D eigenvalue weighted by molar-refractivity contribution is 0.0178. The summed E-state index contributed by atoms with van der Waals surface area (Å²) >= 11 is 0. The normalized spacial score (nSPS) is 13.3. The van der Waals surface area contributed by atoms with Crippen LogP contribution in [0.25, 0.3) is 0 Å². The number of fused-ring (bicyclic) bond motifs is 1. The van der Waals surface area contributed by atoms with Gasteiger partial charge in [0.05, 0.1) is 11.1 Å². The van der Waals surface area contributed by atoms with Gasteiger partial charge in [0.1, 0.15) is 6.33 Å². The Kier molecular flexibility index (Phi) is 4.41. The number of carbonyl (C=O) groups excluding carboxylic acids is 3. The van der Waals surface area contributed by atoms with Crippen LogP contribution in [-0.4, -0.2) is 44.0 Å². The molecule has 0 aliphatic carbocycles. The molecule has 0 unspecified atom stereocenters. The Morgan fingerprint density at radius 2 is 1.79 bits per heavy atom. The molecular formula is C17H18N4O3. The van der Waals surface area contributed by atoms with Crippen molar-refractivity contribution in [3.63, 3.8) is 0 Å². The minimum Gasteiger partial charge on any atom is -0.267 e. The van der Waals surface area contributed by atoms with E-state index in [1.807, 2.05) is 6.92 Å². The first kappa shape index (κ1) is 15.9. The third-order valence-electron chi connectivity index (χ3n) is 3.93. The van der Waals surface area contributed by atoms with Crippen LogP contribution in [-0.2, 0) is 0 Å². The van der Waals surface area contributed by atoms with E-state index in [0.29, 0.717) is 17.5 Å². The number of carbonyl (C=O) groups is 3. The summed E-state index contributed by atoms with van der Waals surface area (Å²) in [4.78, 5) is 41.9. The molecule has 0 N–H and O–H groups in total. The molecule has 7 heteroatoms. The maximum Gasteiger partial charge on any atom is 0.348 e. The fourth-order valence-corrected chi connectivity index (χ4v) is 2.69. The first-order chi connectivity index (χ1) is 11.6. The van der Waals surface area contributed by atoms with Gasteiger partial charge in [-0.05, 0) is 18.6 Å². The summed E-state index contributed by atoms with van der Waals surface area (Å²) in [6, 6.07) is 6.13. The quantitative estimate of drug-likeness (QED) is 0.625. The van der Waals surface area contributed by atoms with Crippen molar-refractivity contribution >= 4 is 17.8 Å².